The summed E-state index contributed by atoms with van der Waals surface area (Å²) in [5, 5.41) is 11.8. The van der Waals surface area contributed by atoms with Crippen LogP contribution in [0.25, 0.3) is 0 Å². The number of nitrogens with zero attached hydrogens (tertiary/aromatic N) is 1. The van der Waals surface area contributed by atoms with Gasteiger partial charge in [-0.15, -0.1) is 0 Å². The minimum absolute atomic E-state index is 0.114. The number of carbonyl (C=O) groups is 2. The van der Waals surface area contributed by atoms with E-state index in [2.05, 4.69) is 5.32 Å². The molecule has 0 aliphatic carbocycles. The van der Waals surface area contributed by atoms with Crippen LogP contribution < -0.4 is 5.32 Å². The SMILES string of the molecule is CN(C(=O)N[C@@H](C(=O)O)C(C)(C)C)C1CCOCC1. The second-order valence-electron chi connectivity index (χ2n) is 6.04. The molecule has 1 aliphatic rings. The first-order chi connectivity index (χ1) is 8.73. The summed E-state index contributed by atoms with van der Waals surface area (Å²) < 4.78 is 5.25. The molecule has 19 heavy (non-hydrogen) atoms. The van der Waals surface area contributed by atoms with Gasteiger partial charge in [-0.25, -0.2) is 9.59 Å². The Kier molecular flexibility index (Phi) is 5.17. The zero-order chi connectivity index (χ0) is 14.6. The second-order valence-corrected chi connectivity index (χ2v) is 6.04. The number of hydrogen-bond acceptors (Lipinski definition) is 3. The number of ether oxygens (including phenoxy) is 1. The van der Waals surface area contributed by atoms with Gasteiger partial charge in [-0.2, -0.15) is 0 Å². The molecule has 0 aromatic heterocycles. The number of carbonyl (C=O) groups excluding carboxylic acids is 1. The molecule has 1 heterocycles. The smallest absolute Gasteiger partial charge is 0.326 e. The van der Waals surface area contributed by atoms with Crippen LogP contribution in [0, 0.1) is 5.41 Å². The molecule has 6 heteroatoms. The molecule has 0 radical (unpaired) electrons. The Morgan fingerprint density at radius 3 is 2.26 bits per heavy atom. The van der Waals surface area contributed by atoms with Crippen LogP contribution in [-0.4, -0.2) is 54.4 Å². The van der Waals surface area contributed by atoms with Gasteiger partial charge in [0.25, 0.3) is 0 Å². The van der Waals surface area contributed by atoms with Crippen LogP contribution in [0.3, 0.4) is 0 Å². The molecule has 0 spiro atoms. The van der Waals surface area contributed by atoms with Crippen molar-refractivity contribution < 1.29 is 19.4 Å². The van der Waals surface area contributed by atoms with Gasteiger partial charge in [0.05, 0.1) is 0 Å². The van der Waals surface area contributed by atoms with Gasteiger partial charge in [-0.3, -0.25) is 0 Å². The quantitative estimate of drug-likeness (QED) is 0.812. The van der Waals surface area contributed by atoms with Crippen LogP contribution >= 0.6 is 0 Å². The molecule has 0 bridgehead atoms. The summed E-state index contributed by atoms with van der Waals surface area (Å²) in [5.74, 6) is -1.01. The molecule has 1 saturated heterocycles. The average Bonchev–Trinajstić information content (AvgIpc) is 2.34. The third-order valence-electron chi connectivity index (χ3n) is 3.44. The zero-order valence-corrected chi connectivity index (χ0v) is 12.1. The fraction of sp³-hybridized carbons (Fsp3) is 0.846. The second kappa shape index (κ2) is 6.23. The van der Waals surface area contributed by atoms with E-state index in [9.17, 15) is 14.7 Å². The van der Waals surface area contributed by atoms with Crippen LogP contribution in [-0.2, 0) is 9.53 Å². The highest BCUT2D eigenvalue weighted by Gasteiger charge is 2.34. The molecular formula is C13H24N2O4. The predicted octanol–water partition coefficient (Wildman–Crippen LogP) is 1.31. The third kappa shape index (κ3) is 4.38. The Morgan fingerprint density at radius 2 is 1.84 bits per heavy atom. The van der Waals surface area contributed by atoms with Crippen LogP contribution in [0.1, 0.15) is 33.6 Å². The predicted molar refractivity (Wildman–Crippen MR) is 71.0 cm³/mol. The largest absolute Gasteiger partial charge is 0.480 e. The summed E-state index contributed by atoms with van der Waals surface area (Å²) in [4.78, 5) is 24.9. The number of carboxylic acids is 1. The molecule has 2 amide bonds. The van der Waals surface area contributed by atoms with Crippen molar-refractivity contribution in [3.05, 3.63) is 0 Å². The van der Waals surface area contributed by atoms with Crippen molar-refractivity contribution in [1.29, 1.82) is 0 Å². The van der Waals surface area contributed by atoms with Gasteiger partial charge in [0.15, 0.2) is 0 Å². The lowest BCUT2D eigenvalue weighted by atomic mass is 9.87. The average molecular weight is 272 g/mol. The molecule has 1 rings (SSSR count). The number of aliphatic carboxylic acids is 1. The Hall–Kier alpha value is -1.30. The van der Waals surface area contributed by atoms with E-state index >= 15 is 0 Å². The van der Waals surface area contributed by atoms with Gasteiger partial charge in [-0.1, -0.05) is 20.8 Å². The van der Waals surface area contributed by atoms with Crippen molar-refractivity contribution in [3.63, 3.8) is 0 Å². The Balaban J connectivity index is 2.63. The molecule has 0 aromatic carbocycles. The highest BCUT2D eigenvalue weighted by molar-refractivity contribution is 5.83. The van der Waals surface area contributed by atoms with Gasteiger partial charge < -0.3 is 20.1 Å². The summed E-state index contributed by atoms with van der Waals surface area (Å²) in [5.41, 5.74) is -0.530. The van der Waals surface area contributed by atoms with E-state index in [1.165, 1.54) is 0 Å². The normalized spacial score (nSPS) is 18.7. The fourth-order valence-electron chi connectivity index (χ4n) is 2.11. The number of urea groups is 1. The lowest BCUT2D eigenvalue weighted by molar-refractivity contribution is -0.142. The summed E-state index contributed by atoms with van der Waals surface area (Å²) >= 11 is 0. The minimum Gasteiger partial charge on any atom is -0.480 e. The molecule has 1 atom stereocenters. The third-order valence-corrected chi connectivity index (χ3v) is 3.44. The van der Waals surface area contributed by atoms with E-state index in [1.807, 2.05) is 0 Å². The van der Waals surface area contributed by atoms with E-state index in [-0.39, 0.29) is 12.1 Å². The Morgan fingerprint density at radius 1 is 1.32 bits per heavy atom. The molecule has 0 unspecified atom stereocenters. The first kappa shape index (κ1) is 15.8. The molecule has 0 saturated carbocycles. The van der Waals surface area contributed by atoms with Crippen LogP contribution in [0.5, 0.6) is 0 Å². The maximum absolute atomic E-state index is 12.1. The summed E-state index contributed by atoms with van der Waals surface area (Å²) in [7, 11) is 1.70. The van der Waals surface area contributed by atoms with Crippen molar-refractivity contribution in [3.8, 4) is 0 Å². The summed E-state index contributed by atoms with van der Waals surface area (Å²) in [6.45, 7) is 6.66. The standard InChI is InChI=1S/C13H24N2O4/c1-13(2,3)10(11(16)17)14-12(18)15(4)9-5-7-19-8-6-9/h9-10H,5-8H2,1-4H3,(H,14,18)(H,16,17)/t10-/m0/s1. The van der Waals surface area contributed by atoms with E-state index in [0.29, 0.717) is 13.2 Å². The zero-order valence-electron chi connectivity index (χ0n) is 12.1. The van der Waals surface area contributed by atoms with Gasteiger partial charge >= 0.3 is 12.0 Å². The minimum atomic E-state index is -1.01. The number of carboxylic acid groups (broad SMARTS) is 1. The van der Waals surface area contributed by atoms with Crippen molar-refractivity contribution in [2.24, 2.45) is 5.41 Å². The van der Waals surface area contributed by atoms with Gasteiger partial charge in [0.2, 0.25) is 0 Å². The lowest BCUT2D eigenvalue weighted by Gasteiger charge is -2.34. The van der Waals surface area contributed by atoms with Crippen molar-refractivity contribution >= 4 is 12.0 Å². The van der Waals surface area contributed by atoms with E-state index in [1.54, 1.807) is 32.7 Å². The molecule has 0 aromatic rings. The van der Waals surface area contributed by atoms with E-state index < -0.39 is 17.4 Å². The molecule has 1 aliphatic heterocycles. The molecular weight excluding hydrogens is 248 g/mol. The fourth-order valence-corrected chi connectivity index (χ4v) is 2.11. The van der Waals surface area contributed by atoms with Crippen LogP contribution in [0.4, 0.5) is 4.79 Å². The molecule has 6 nitrogen and oxygen atoms in total. The van der Waals surface area contributed by atoms with Crippen LogP contribution in [0.2, 0.25) is 0 Å². The van der Waals surface area contributed by atoms with Crippen LogP contribution in [0.15, 0.2) is 0 Å². The van der Waals surface area contributed by atoms with Gasteiger partial charge in [-0.05, 0) is 18.3 Å². The molecule has 1 fully saturated rings. The topological polar surface area (TPSA) is 78.9 Å². The number of hydrogen-bond donors (Lipinski definition) is 2. The van der Waals surface area contributed by atoms with Crippen molar-refractivity contribution in [1.82, 2.24) is 10.2 Å². The van der Waals surface area contributed by atoms with Crippen molar-refractivity contribution in [2.75, 3.05) is 20.3 Å². The van der Waals surface area contributed by atoms with Crippen molar-refractivity contribution in [2.45, 2.75) is 45.7 Å². The number of amides is 2. The lowest BCUT2D eigenvalue weighted by Crippen LogP contribution is -2.54. The molecule has 110 valence electrons. The summed E-state index contributed by atoms with van der Waals surface area (Å²) in [6, 6.07) is -1.13. The Bertz CT molecular complexity index is 332. The van der Waals surface area contributed by atoms with E-state index in [0.717, 1.165) is 12.8 Å². The monoisotopic (exact) mass is 272 g/mol. The highest BCUT2D eigenvalue weighted by atomic mass is 16.5. The first-order valence-electron chi connectivity index (χ1n) is 6.57. The number of nitrogens with one attached hydrogen (secondary N) is 1. The maximum atomic E-state index is 12.1. The van der Waals surface area contributed by atoms with Gasteiger partial charge in [0.1, 0.15) is 6.04 Å². The maximum Gasteiger partial charge on any atom is 0.326 e. The van der Waals surface area contributed by atoms with E-state index in [4.69, 9.17) is 4.74 Å². The Labute approximate surface area is 114 Å². The summed E-state index contributed by atoms with van der Waals surface area (Å²) in [6.07, 6.45) is 1.58. The van der Waals surface area contributed by atoms with Gasteiger partial charge in [0, 0.05) is 26.3 Å². The first-order valence-corrected chi connectivity index (χ1v) is 6.57. The molecule has 2 N–H and O–H groups in total. The highest BCUT2D eigenvalue weighted by Crippen LogP contribution is 2.20. The number of rotatable bonds is 3.